The number of hydrogen-bond acceptors (Lipinski definition) is 5. The van der Waals surface area contributed by atoms with Gasteiger partial charge in [-0.05, 0) is 89.4 Å². The van der Waals surface area contributed by atoms with Crippen LogP contribution in [-0.2, 0) is 0 Å². The number of aromatic nitrogens is 3. The summed E-state index contributed by atoms with van der Waals surface area (Å²) in [7, 11) is 0. The van der Waals surface area contributed by atoms with Gasteiger partial charge in [-0.1, -0.05) is 41.5 Å². The van der Waals surface area contributed by atoms with Crippen LogP contribution in [0.1, 0.15) is 82.9 Å². The lowest BCUT2D eigenvalue weighted by atomic mass is 9.38. The van der Waals surface area contributed by atoms with Gasteiger partial charge in [0.1, 0.15) is 23.1 Å². The van der Waals surface area contributed by atoms with Crippen LogP contribution in [0, 0.1) is 25.1 Å². The monoisotopic (exact) mass is 542 g/mol. The highest BCUT2D eigenvalue weighted by Gasteiger charge is 2.38. The third kappa shape index (κ3) is 8.00. The molecule has 190 valence electrons. The van der Waals surface area contributed by atoms with Gasteiger partial charge in [0.15, 0.2) is 0 Å². The molecule has 2 heterocycles. The number of nitriles is 1. The van der Waals surface area contributed by atoms with E-state index < -0.39 is 0 Å². The minimum Gasteiger partial charge on any atom is -0.494 e. The Morgan fingerprint density at radius 2 is 1.74 bits per heavy atom. The molecule has 0 spiro atoms. The summed E-state index contributed by atoms with van der Waals surface area (Å²) in [5.41, 5.74) is 0. The summed E-state index contributed by atoms with van der Waals surface area (Å²) in [5.74, 6) is 7.42. The summed E-state index contributed by atoms with van der Waals surface area (Å²) in [4.78, 5) is 0. The summed E-state index contributed by atoms with van der Waals surface area (Å²) < 4.78 is 13.6. The maximum absolute atomic E-state index is 9.28. The maximum Gasteiger partial charge on any atom is 0.273 e. The van der Waals surface area contributed by atoms with E-state index in [4.69, 9.17) is 9.47 Å². The summed E-state index contributed by atoms with van der Waals surface area (Å²) >= 11 is 3.41. The van der Waals surface area contributed by atoms with E-state index in [2.05, 4.69) is 50.5 Å². The van der Waals surface area contributed by atoms with Gasteiger partial charge in [0.25, 0.3) is 6.71 Å². The molecule has 4 rings (SSSR count). The first kappa shape index (κ1) is 27.6. The quantitative estimate of drug-likeness (QED) is 0.181. The number of halogens is 1. The van der Waals surface area contributed by atoms with Gasteiger partial charge in [-0.2, -0.15) is 0 Å². The van der Waals surface area contributed by atoms with E-state index in [0.29, 0.717) is 23.8 Å². The maximum atomic E-state index is 9.28. The highest BCUT2D eigenvalue weighted by molar-refractivity contribution is 9.09. The van der Waals surface area contributed by atoms with Crippen molar-refractivity contribution in [2.24, 2.45) is 0 Å². The Balaban J connectivity index is 0.000000196. The molecule has 0 bridgehead atoms. The number of benzene rings is 1. The van der Waals surface area contributed by atoms with Crippen molar-refractivity contribution in [3.8, 4) is 17.5 Å². The zero-order valence-corrected chi connectivity index (χ0v) is 23.3. The van der Waals surface area contributed by atoms with Gasteiger partial charge >= 0.3 is 0 Å². The largest absolute Gasteiger partial charge is 0.494 e. The van der Waals surface area contributed by atoms with Crippen LogP contribution in [0.4, 0.5) is 0 Å². The van der Waals surface area contributed by atoms with Crippen molar-refractivity contribution >= 4 is 22.6 Å². The van der Waals surface area contributed by atoms with E-state index in [1.165, 1.54) is 32.1 Å². The number of hydrogen-bond donors (Lipinski definition) is 0. The van der Waals surface area contributed by atoms with Crippen molar-refractivity contribution in [2.45, 2.75) is 103 Å². The van der Waals surface area contributed by atoms with Crippen molar-refractivity contribution in [3.05, 3.63) is 35.9 Å². The van der Waals surface area contributed by atoms with Gasteiger partial charge in [0.05, 0.1) is 12.7 Å². The molecule has 0 amide bonds. The number of rotatable bonds is 10. The number of alkyl halides is 1. The fraction of sp³-hybridized carbons (Fsp3) is 0.667. The van der Waals surface area contributed by atoms with Gasteiger partial charge in [-0.15, -0.1) is 10.2 Å². The third-order valence-electron chi connectivity index (χ3n) is 7.36. The molecule has 6 nitrogen and oxygen atoms in total. The summed E-state index contributed by atoms with van der Waals surface area (Å²) in [6.45, 7) is 9.42. The number of ether oxygens (including phenoxy) is 2. The smallest absolute Gasteiger partial charge is 0.273 e. The second kappa shape index (κ2) is 13.9. The normalized spacial score (nSPS) is 20.4. The first-order valence-corrected chi connectivity index (χ1v) is 14.3. The predicted molar refractivity (Wildman–Crippen MR) is 146 cm³/mol. The minimum atomic E-state index is 0.226. The van der Waals surface area contributed by atoms with Crippen molar-refractivity contribution in [3.63, 3.8) is 0 Å². The molecule has 1 aliphatic heterocycles. The Hall–Kier alpha value is -2.01. The standard InChI is InChI=1S/C14H19BrO2.C13H21BN4/c15-10-1-2-11-16-12-6-8-14(9-7-12)17-13-4-3-5-13;1-9-5-6-13(14(9)8-15)7-10(2)18-11(3)16-17-12(18)4/h6-9,13H,1-5,10-11H2;9-10,13H,5-7H2,1-4H3. The van der Waals surface area contributed by atoms with Crippen LogP contribution in [-0.4, -0.2) is 39.5 Å². The second-order valence-corrected chi connectivity index (χ2v) is 10.9. The van der Waals surface area contributed by atoms with Crippen molar-refractivity contribution in [1.29, 1.82) is 5.26 Å². The molecule has 2 aliphatic rings. The van der Waals surface area contributed by atoms with E-state index in [9.17, 15) is 5.26 Å². The molecular weight excluding hydrogens is 503 g/mol. The van der Waals surface area contributed by atoms with E-state index in [-0.39, 0.29) is 6.71 Å². The SMILES string of the molecule is BrCCCCOc1ccc(OC2CCC2)cc1.Cc1nnc(C)n1C(C)CC1CCC(C)B1C#N. The van der Waals surface area contributed by atoms with Crippen LogP contribution in [0.5, 0.6) is 11.5 Å². The molecule has 1 aliphatic carbocycles. The lowest BCUT2D eigenvalue weighted by Crippen LogP contribution is -2.24. The summed E-state index contributed by atoms with van der Waals surface area (Å²) in [6.07, 6.45) is 9.83. The fourth-order valence-electron chi connectivity index (χ4n) is 5.14. The molecular formula is C27H40BBrN4O2. The molecule has 3 atom stereocenters. The minimum absolute atomic E-state index is 0.226. The lowest BCUT2D eigenvalue weighted by molar-refractivity contribution is 0.120. The Morgan fingerprint density at radius 3 is 2.31 bits per heavy atom. The highest BCUT2D eigenvalue weighted by atomic mass is 79.9. The van der Waals surface area contributed by atoms with E-state index in [0.717, 1.165) is 54.3 Å². The summed E-state index contributed by atoms with van der Waals surface area (Å²) in [6, 6.07) is 8.35. The van der Waals surface area contributed by atoms with Crippen LogP contribution in [0.25, 0.3) is 0 Å². The molecule has 1 aromatic carbocycles. The Morgan fingerprint density at radius 1 is 1.09 bits per heavy atom. The zero-order valence-electron chi connectivity index (χ0n) is 21.8. The number of unbranched alkanes of at least 4 members (excludes halogenated alkanes) is 1. The second-order valence-electron chi connectivity index (χ2n) is 10.1. The van der Waals surface area contributed by atoms with Crippen LogP contribution in [0.2, 0.25) is 11.6 Å². The van der Waals surface area contributed by atoms with Crippen molar-refractivity contribution < 1.29 is 9.47 Å². The Labute approximate surface area is 220 Å². The highest BCUT2D eigenvalue weighted by Crippen LogP contribution is 2.42. The summed E-state index contributed by atoms with van der Waals surface area (Å²) in [5, 5.41) is 18.6. The van der Waals surface area contributed by atoms with Gasteiger partial charge < -0.3 is 14.0 Å². The molecule has 1 aromatic heterocycles. The topological polar surface area (TPSA) is 73.0 Å². The predicted octanol–water partition coefficient (Wildman–Crippen LogP) is 7.13. The number of nitrogens with zero attached hydrogens (tertiary/aromatic N) is 4. The first-order valence-electron chi connectivity index (χ1n) is 13.2. The van der Waals surface area contributed by atoms with Gasteiger partial charge in [0.2, 0.25) is 0 Å². The molecule has 1 saturated carbocycles. The van der Waals surface area contributed by atoms with E-state index in [1.54, 1.807) is 0 Å². The zero-order chi connectivity index (χ0) is 25.2. The average molecular weight is 543 g/mol. The lowest BCUT2D eigenvalue weighted by Gasteiger charge is -2.26. The first-order chi connectivity index (χ1) is 16.9. The molecule has 0 N–H and O–H groups in total. The molecule has 0 radical (unpaired) electrons. The van der Waals surface area contributed by atoms with Gasteiger partial charge in [-0.3, -0.25) is 0 Å². The molecule has 1 saturated heterocycles. The molecule has 35 heavy (non-hydrogen) atoms. The van der Waals surface area contributed by atoms with Crippen LogP contribution in [0.15, 0.2) is 24.3 Å². The van der Waals surface area contributed by atoms with Gasteiger partial charge in [-0.25, -0.2) is 5.26 Å². The van der Waals surface area contributed by atoms with Crippen molar-refractivity contribution in [2.75, 3.05) is 11.9 Å². The molecule has 2 fully saturated rings. The van der Waals surface area contributed by atoms with E-state index in [1.807, 2.05) is 38.1 Å². The van der Waals surface area contributed by atoms with Gasteiger partial charge in [0, 0.05) is 17.3 Å². The van der Waals surface area contributed by atoms with Crippen LogP contribution < -0.4 is 9.47 Å². The molecule has 8 heteroatoms. The van der Waals surface area contributed by atoms with Crippen molar-refractivity contribution in [1.82, 2.24) is 14.8 Å². The van der Waals surface area contributed by atoms with Crippen LogP contribution in [0.3, 0.4) is 0 Å². The number of aryl methyl sites for hydroxylation is 2. The average Bonchev–Trinajstić information content (AvgIpc) is 3.35. The molecule has 2 aromatic rings. The van der Waals surface area contributed by atoms with Crippen LogP contribution >= 0.6 is 15.9 Å². The Bertz CT molecular complexity index is 922. The third-order valence-corrected chi connectivity index (χ3v) is 7.92. The van der Waals surface area contributed by atoms with E-state index >= 15 is 0 Å². The Kier molecular flexibility index (Phi) is 11.0. The fourth-order valence-corrected chi connectivity index (χ4v) is 5.53. The molecule has 3 unspecified atom stereocenters.